The van der Waals surface area contributed by atoms with Gasteiger partial charge in [-0.15, -0.1) is 0 Å². The fraction of sp³-hybridized carbons (Fsp3) is 0.870. The van der Waals surface area contributed by atoms with Crippen molar-refractivity contribution in [2.24, 2.45) is 0 Å². The van der Waals surface area contributed by atoms with Crippen LogP contribution in [0.2, 0.25) is 0 Å². The number of rotatable bonds is 45. The zero-order chi connectivity index (χ0) is 45.9. The van der Waals surface area contributed by atoms with Crippen molar-refractivity contribution in [3.8, 4) is 0 Å². The van der Waals surface area contributed by atoms with E-state index in [1.807, 2.05) is 6.08 Å². The molecular weight excluding hydrogens is 791 g/mol. The van der Waals surface area contributed by atoms with E-state index in [1.54, 1.807) is 6.08 Å². The molecule has 0 saturated carbocycles. The highest BCUT2D eigenvalue weighted by atomic mass is 16.7. The Balaban J connectivity index is 2.28. The zero-order valence-corrected chi connectivity index (χ0v) is 40.8. The van der Waals surface area contributed by atoms with E-state index >= 15 is 0 Å². The zero-order valence-electron chi connectivity index (χ0n) is 40.8. The molecule has 9 nitrogen and oxygen atoms in total. The van der Waals surface area contributed by atoms with Crippen LogP contribution in [-0.4, -0.2) is 87.5 Å². The molecule has 1 amide bonds. The predicted molar refractivity (Wildman–Crippen MR) is 263 cm³/mol. The number of nitrogens with one attached hydrogen (secondary N) is 1. The van der Waals surface area contributed by atoms with E-state index < -0.39 is 49.5 Å². The van der Waals surface area contributed by atoms with Gasteiger partial charge in [0, 0.05) is 6.42 Å². The molecule has 7 atom stereocenters. The van der Waals surface area contributed by atoms with Gasteiger partial charge in [-0.1, -0.05) is 217 Å². The van der Waals surface area contributed by atoms with Crippen LogP contribution in [0, 0.1) is 0 Å². The Morgan fingerprint density at radius 3 is 1.33 bits per heavy atom. The minimum absolute atomic E-state index is 0.186. The molecule has 6 N–H and O–H groups in total. The van der Waals surface area contributed by atoms with Crippen molar-refractivity contribution < 1.29 is 39.8 Å². The third kappa shape index (κ3) is 34.4. The maximum Gasteiger partial charge on any atom is 0.220 e. The average molecular weight is 892 g/mol. The van der Waals surface area contributed by atoms with Gasteiger partial charge in [-0.2, -0.15) is 0 Å². The first-order valence-electron chi connectivity index (χ1n) is 26.7. The molecule has 9 heteroatoms. The van der Waals surface area contributed by atoms with Crippen LogP contribution < -0.4 is 5.32 Å². The Morgan fingerprint density at radius 2 is 0.905 bits per heavy atom. The van der Waals surface area contributed by atoms with Crippen molar-refractivity contribution >= 4 is 5.91 Å². The number of hydrogen-bond donors (Lipinski definition) is 6. The minimum Gasteiger partial charge on any atom is -0.394 e. The number of hydrogen-bond acceptors (Lipinski definition) is 8. The van der Waals surface area contributed by atoms with E-state index in [2.05, 4.69) is 43.5 Å². The molecule has 0 aliphatic carbocycles. The SMILES string of the molecule is CCCCCCCCCC/C=C\CCCCCCCCCCCCCC(=O)NC(COC1OC(CO)C(O)C(O)C1O)C(O)/C=C/CC/C=C/CCCCCCCCCCCCC. The lowest BCUT2D eigenvalue weighted by molar-refractivity contribution is -0.302. The lowest BCUT2D eigenvalue weighted by atomic mass is 9.99. The van der Waals surface area contributed by atoms with Crippen molar-refractivity contribution in [3.05, 3.63) is 36.5 Å². The summed E-state index contributed by atoms with van der Waals surface area (Å²) in [6, 6.07) is -0.821. The normalized spacial score (nSPS) is 20.4. The summed E-state index contributed by atoms with van der Waals surface area (Å²) in [5.74, 6) is -0.186. The van der Waals surface area contributed by atoms with Gasteiger partial charge in [-0.05, 0) is 57.8 Å². The molecule has 1 rings (SSSR count). The highest BCUT2D eigenvalue weighted by Crippen LogP contribution is 2.23. The summed E-state index contributed by atoms with van der Waals surface area (Å²) in [5.41, 5.74) is 0. The second-order valence-electron chi connectivity index (χ2n) is 18.7. The van der Waals surface area contributed by atoms with Crippen LogP contribution in [0.25, 0.3) is 0 Å². The first-order chi connectivity index (χ1) is 30.8. The van der Waals surface area contributed by atoms with Crippen LogP contribution in [0.4, 0.5) is 0 Å². The first kappa shape index (κ1) is 59.4. The second-order valence-corrected chi connectivity index (χ2v) is 18.7. The summed E-state index contributed by atoms with van der Waals surface area (Å²) in [7, 11) is 0. The molecule has 0 radical (unpaired) electrons. The molecule has 0 aromatic heterocycles. The van der Waals surface area contributed by atoms with E-state index in [0.717, 1.165) is 38.5 Å². The van der Waals surface area contributed by atoms with Gasteiger partial charge in [-0.3, -0.25) is 4.79 Å². The summed E-state index contributed by atoms with van der Waals surface area (Å²) in [6.45, 7) is 3.77. The van der Waals surface area contributed by atoms with E-state index in [4.69, 9.17) is 9.47 Å². The predicted octanol–water partition coefficient (Wildman–Crippen LogP) is 12.4. The molecule has 370 valence electrons. The summed E-state index contributed by atoms with van der Waals surface area (Å²) in [4.78, 5) is 13.0. The Bertz CT molecular complexity index is 1080. The van der Waals surface area contributed by atoms with Gasteiger partial charge in [0.05, 0.1) is 25.4 Å². The molecule has 1 heterocycles. The second kappa shape index (κ2) is 44.3. The monoisotopic (exact) mass is 892 g/mol. The minimum atomic E-state index is -1.57. The van der Waals surface area contributed by atoms with E-state index in [9.17, 15) is 30.3 Å². The Morgan fingerprint density at radius 1 is 0.524 bits per heavy atom. The molecule has 0 aromatic carbocycles. The van der Waals surface area contributed by atoms with Crippen LogP contribution in [0.15, 0.2) is 36.5 Å². The number of aliphatic hydroxyl groups is 5. The Labute approximate surface area is 387 Å². The summed E-state index contributed by atoms with van der Waals surface area (Å²) in [5, 5.41) is 54.4. The molecule has 0 aromatic rings. The van der Waals surface area contributed by atoms with Gasteiger partial charge >= 0.3 is 0 Å². The van der Waals surface area contributed by atoms with Gasteiger partial charge in [0.2, 0.25) is 5.91 Å². The molecule has 1 fully saturated rings. The lowest BCUT2D eigenvalue weighted by Gasteiger charge is -2.40. The first-order valence-corrected chi connectivity index (χ1v) is 26.7. The molecule has 0 bridgehead atoms. The third-order valence-corrected chi connectivity index (χ3v) is 12.7. The van der Waals surface area contributed by atoms with Crippen LogP contribution in [-0.2, 0) is 14.3 Å². The third-order valence-electron chi connectivity index (χ3n) is 12.7. The van der Waals surface area contributed by atoms with Gasteiger partial charge in [0.25, 0.3) is 0 Å². The van der Waals surface area contributed by atoms with E-state index in [1.165, 1.54) is 186 Å². The standard InChI is InChI=1S/C54H101NO8/c1-3-5-7-9-11-13-15-17-19-21-22-23-24-25-26-28-30-32-34-36-38-40-42-44-50(58)55-47(46-62-54-53(61)52(60)51(59)49(45-56)63-54)48(57)43-41-39-37-35-33-31-29-27-20-18-16-14-12-10-8-6-4-2/h21-22,33,35,41,43,47-49,51-54,56-57,59-61H,3-20,23-32,34,36-40,42,44-46H2,1-2H3,(H,55,58)/b22-21-,35-33+,43-41+. The number of amides is 1. The fourth-order valence-electron chi connectivity index (χ4n) is 8.40. The Kier molecular flexibility index (Phi) is 41.7. The quantitative estimate of drug-likeness (QED) is 0.0261. The number of allylic oxidation sites excluding steroid dienone is 5. The van der Waals surface area contributed by atoms with Crippen molar-refractivity contribution in [1.82, 2.24) is 5.32 Å². The number of carbonyl (C=O) groups excluding carboxylic acids is 1. The highest BCUT2D eigenvalue weighted by molar-refractivity contribution is 5.76. The smallest absolute Gasteiger partial charge is 0.220 e. The number of aliphatic hydroxyl groups excluding tert-OH is 5. The molecule has 1 aliphatic rings. The summed E-state index contributed by atoms with van der Waals surface area (Å²) in [6.07, 6.45) is 49.1. The summed E-state index contributed by atoms with van der Waals surface area (Å²) >= 11 is 0. The van der Waals surface area contributed by atoms with Crippen LogP contribution >= 0.6 is 0 Å². The number of ether oxygens (including phenoxy) is 2. The summed E-state index contributed by atoms with van der Waals surface area (Å²) < 4.78 is 11.2. The molecule has 7 unspecified atom stereocenters. The largest absolute Gasteiger partial charge is 0.394 e. The van der Waals surface area contributed by atoms with Gasteiger partial charge in [-0.25, -0.2) is 0 Å². The molecule has 1 aliphatic heterocycles. The van der Waals surface area contributed by atoms with E-state index in [-0.39, 0.29) is 12.5 Å². The highest BCUT2D eigenvalue weighted by Gasteiger charge is 2.44. The number of unbranched alkanes of at least 4 members (excludes halogenated alkanes) is 31. The molecule has 1 saturated heterocycles. The number of carbonyl (C=O) groups is 1. The van der Waals surface area contributed by atoms with Crippen LogP contribution in [0.3, 0.4) is 0 Å². The molecule has 0 spiro atoms. The van der Waals surface area contributed by atoms with Gasteiger partial charge in [0.1, 0.15) is 24.4 Å². The van der Waals surface area contributed by atoms with Gasteiger partial charge in [0.15, 0.2) is 6.29 Å². The maximum absolute atomic E-state index is 13.0. The molecular formula is C54H101NO8. The van der Waals surface area contributed by atoms with Crippen LogP contribution in [0.1, 0.15) is 245 Å². The van der Waals surface area contributed by atoms with Crippen molar-refractivity contribution in [2.75, 3.05) is 13.2 Å². The van der Waals surface area contributed by atoms with Crippen molar-refractivity contribution in [3.63, 3.8) is 0 Å². The van der Waals surface area contributed by atoms with Gasteiger partial charge < -0.3 is 40.3 Å². The van der Waals surface area contributed by atoms with Crippen molar-refractivity contribution in [1.29, 1.82) is 0 Å². The molecule has 63 heavy (non-hydrogen) atoms. The lowest BCUT2D eigenvalue weighted by Crippen LogP contribution is -2.60. The average Bonchev–Trinajstić information content (AvgIpc) is 3.28. The topological polar surface area (TPSA) is 149 Å². The van der Waals surface area contributed by atoms with Crippen molar-refractivity contribution in [2.45, 2.75) is 288 Å². The maximum atomic E-state index is 13.0. The Hall–Kier alpha value is -1.59. The fourth-order valence-corrected chi connectivity index (χ4v) is 8.40. The van der Waals surface area contributed by atoms with Crippen LogP contribution in [0.5, 0.6) is 0 Å². The van der Waals surface area contributed by atoms with E-state index in [0.29, 0.717) is 6.42 Å².